The van der Waals surface area contributed by atoms with E-state index in [1.807, 2.05) is 18.2 Å². The molecule has 8 nitrogen and oxygen atoms in total. The van der Waals surface area contributed by atoms with Crippen molar-refractivity contribution in [2.24, 2.45) is 0 Å². The fourth-order valence-corrected chi connectivity index (χ4v) is 5.75. The second kappa shape index (κ2) is 9.36. The molecule has 9 heteroatoms. The first-order chi connectivity index (χ1) is 16.2. The van der Waals surface area contributed by atoms with Crippen molar-refractivity contribution in [1.82, 2.24) is 4.90 Å². The molecule has 0 saturated heterocycles. The summed E-state index contributed by atoms with van der Waals surface area (Å²) in [5, 5.41) is 13.2. The van der Waals surface area contributed by atoms with E-state index in [-0.39, 0.29) is 24.1 Å². The van der Waals surface area contributed by atoms with Crippen LogP contribution >= 0.6 is 0 Å². The van der Waals surface area contributed by atoms with Gasteiger partial charge in [-0.2, -0.15) is 0 Å². The first-order valence-corrected chi connectivity index (χ1v) is 12.3. The Labute approximate surface area is 199 Å². The summed E-state index contributed by atoms with van der Waals surface area (Å²) in [7, 11) is 0.618. The van der Waals surface area contributed by atoms with E-state index in [4.69, 9.17) is 4.74 Å². The minimum absolute atomic E-state index is 0.0884. The van der Waals surface area contributed by atoms with Crippen LogP contribution in [0.25, 0.3) is 0 Å². The van der Waals surface area contributed by atoms with Gasteiger partial charge in [0.1, 0.15) is 11.0 Å². The van der Waals surface area contributed by atoms with E-state index < -0.39 is 15.3 Å². The lowest BCUT2D eigenvalue weighted by atomic mass is 9.92. The van der Waals surface area contributed by atoms with Crippen molar-refractivity contribution in [3.63, 3.8) is 0 Å². The van der Waals surface area contributed by atoms with Crippen molar-refractivity contribution in [1.29, 1.82) is 0 Å². The summed E-state index contributed by atoms with van der Waals surface area (Å²) in [6.45, 7) is 0. The average Bonchev–Trinajstić information content (AvgIpc) is 2.87. The van der Waals surface area contributed by atoms with Gasteiger partial charge in [0, 0.05) is 31.4 Å². The maximum absolute atomic E-state index is 13.6. The number of hydrogen-bond acceptors (Lipinski definition) is 6. The number of nitrogens with zero attached hydrogens (tertiary/aromatic N) is 2. The molecule has 1 amide bonds. The highest BCUT2D eigenvalue weighted by atomic mass is 32.2. The molecule has 1 heterocycles. The number of hydrogen-bond donors (Lipinski definition) is 2. The Morgan fingerprint density at radius 2 is 1.76 bits per heavy atom. The molecule has 0 bridgehead atoms. The number of amides is 1. The number of fused-ring (bicyclic) bond motifs is 1. The summed E-state index contributed by atoms with van der Waals surface area (Å²) in [4.78, 5) is 14.0. The van der Waals surface area contributed by atoms with E-state index in [1.54, 1.807) is 56.6 Å². The molecule has 2 N–H and O–H groups in total. The molecule has 4 rings (SSSR count). The monoisotopic (exact) mass is 481 g/mol. The van der Waals surface area contributed by atoms with Gasteiger partial charge < -0.3 is 15.0 Å². The number of benzene rings is 3. The van der Waals surface area contributed by atoms with Crippen molar-refractivity contribution in [2.75, 3.05) is 31.0 Å². The number of carbonyl (C=O) groups is 1. The SMILES string of the molecule is COc1cccc(N(O)S(=O)(=O)C2CC(c3cccc(C(=O)N(C)C)c3)Nc3ccccc32)c1. The second-order valence-corrected chi connectivity index (χ2v) is 10.3. The number of sulfonamides is 1. The first kappa shape index (κ1) is 23.6. The zero-order valence-corrected chi connectivity index (χ0v) is 20.0. The van der Waals surface area contributed by atoms with Crippen LogP contribution in [0.1, 0.15) is 39.2 Å². The summed E-state index contributed by atoms with van der Waals surface area (Å²) in [6.07, 6.45) is 0.167. The average molecular weight is 482 g/mol. The van der Waals surface area contributed by atoms with Gasteiger partial charge >= 0.3 is 0 Å². The number of anilines is 2. The molecule has 1 aliphatic rings. The van der Waals surface area contributed by atoms with Gasteiger partial charge in [-0.3, -0.25) is 10.0 Å². The van der Waals surface area contributed by atoms with E-state index in [0.29, 0.717) is 27.0 Å². The predicted octanol–water partition coefficient (Wildman–Crippen LogP) is 4.22. The summed E-state index contributed by atoms with van der Waals surface area (Å²) < 4.78 is 32.8. The van der Waals surface area contributed by atoms with Gasteiger partial charge in [0.2, 0.25) is 0 Å². The number of nitrogens with one attached hydrogen (secondary N) is 1. The third-order valence-corrected chi connectivity index (χ3v) is 7.76. The van der Waals surface area contributed by atoms with Gasteiger partial charge in [0.15, 0.2) is 0 Å². The molecule has 0 fully saturated rings. The number of rotatable bonds is 6. The summed E-state index contributed by atoms with van der Waals surface area (Å²) >= 11 is 0. The Morgan fingerprint density at radius 1 is 1.03 bits per heavy atom. The van der Waals surface area contributed by atoms with Crippen LogP contribution in [0, 0.1) is 0 Å². The summed E-state index contributed by atoms with van der Waals surface area (Å²) in [5.41, 5.74) is 2.62. The minimum atomic E-state index is -4.22. The normalized spacial score (nSPS) is 17.3. The van der Waals surface area contributed by atoms with E-state index in [2.05, 4.69) is 5.32 Å². The molecule has 0 aromatic heterocycles. The maximum atomic E-state index is 13.6. The summed E-state index contributed by atoms with van der Waals surface area (Å²) in [5.74, 6) is 0.291. The summed E-state index contributed by atoms with van der Waals surface area (Å²) in [6, 6.07) is 20.1. The van der Waals surface area contributed by atoms with Crippen molar-refractivity contribution >= 4 is 27.3 Å². The number of para-hydroxylation sites is 1. The topological polar surface area (TPSA) is 99.2 Å². The molecule has 0 saturated carbocycles. The zero-order valence-electron chi connectivity index (χ0n) is 19.2. The fourth-order valence-electron chi connectivity index (χ4n) is 4.14. The van der Waals surface area contributed by atoms with Crippen LogP contribution < -0.4 is 14.5 Å². The number of ether oxygens (including phenoxy) is 1. The molecule has 0 radical (unpaired) electrons. The Kier molecular flexibility index (Phi) is 6.49. The third kappa shape index (κ3) is 4.44. The molecule has 3 aromatic rings. The quantitative estimate of drug-likeness (QED) is 0.512. The van der Waals surface area contributed by atoms with Crippen LogP contribution in [0.5, 0.6) is 5.75 Å². The highest BCUT2D eigenvalue weighted by molar-refractivity contribution is 7.92. The molecule has 0 spiro atoms. The molecule has 178 valence electrons. The Hall–Kier alpha value is -3.56. The predicted molar refractivity (Wildman–Crippen MR) is 131 cm³/mol. The molecule has 2 unspecified atom stereocenters. The van der Waals surface area contributed by atoms with Gasteiger partial charge in [0.25, 0.3) is 15.9 Å². The molecular weight excluding hydrogens is 454 g/mol. The van der Waals surface area contributed by atoms with Gasteiger partial charge in [-0.1, -0.05) is 36.4 Å². The Bertz CT molecular complexity index is 1310. The van der Waals surface area contributed by atoms with E-state index >= 15 is 0 Å². The molecule has 34 heavy (non-hydrogen) atoms. The standard InChI is InChI=1S/C25H27N3O5S/c1-27(2)25(29)18-9-6-8-17(14-18)23-16-24(21-12-4-5-13-22(21)26-23)34(31,32)28(30)19-10-7-11-20(15-19)33-3/h4-15,23-24,26,30H,16H2,1-3H3. The van der Waals surface area contributed by atoms with Crippen LogP contribution in [-0.2, 0) is 10.0 Å². The van der Waals surface area contributed by atoms with Gasteiger partial charge in [-0.05, 0) is 47.9 Å². The molecular formula is C25H27N3O5S. The van der Waals surface area contributed by atoms with Crippen molar-refractivity contribution in [3.8, 4) is 5.75 Å². The largest absolute Gasteiger partial charge is 0.497 e. The third-order valence-electron chi connectivity index (χ3n) is 5.90. The highest BCUT2D eigenvalue weighted by Crippen LogP contribution is 2.44. The van der Waals surface area contributed by atoms with E-state index in [9.17, 15) is 18.4 Å². The highest BCUT2D eigenvalue weighted by Gasteiger charge is 2.40. The molecule has 0 aliphatic carbocycles. The van der Waals surface area contributed by atoms with Crippen LogP contribution in [0.2, 0.25) is 0 Å². The Morgan fingerprint density at radius 3 is 2.50 bits per heavy atom. The maximum Gasteiger partial charge on any atom is 0.264 e. The lowest BCUT2D eigenvalue weighted by Crippen LogP contribution is -2.36. The van der Waals surface area contributed by atoms with Gasteiger partial charge in [-0.25, -0.2) is 8.42 Å². The van der Waals surface area contributed by atoms with E-state index in [1.165, 1.54) is 24.1 Å². The van der Waals surface area contributed by atoms with Crippen molar-refractivity contribution < 1.29 is 23.2 Å². The molecule has 3 aromatic carbocycles. The van der Waals surface area contributed by atoms with E-state index in [0.717, 1.165) is 5.56 Å². The zero-order chi connectivity index (χ0) is 24.5. The molecule has 1 aliphatic heterocycles. The smallest absolute Gasteiger partial charge is 0.264 e. The Balaban J connectivity index is 1.73. The number of carbonyl (C=O) groups excluding carboxylic acids is 1. The van der Waals surface area contributed by atoms with Crippen molar-refractivity contribution in [2.45, 2.75) is 17.7 Å². The minimum Gasteiger partial charge on any atom is -0.497 e. The number of methoxy groups -OCH3 is 1. The van der Waals surface area contributed by atoms with Crippen LogP contribution in [-0.4, -0.2) is 45.6 Å². The van der Waals surface area contributed by atoms with Crippen LogP contribution in [0.15, 0.2) is 72.8 Å². The van der Waals surface area contributed by atoms with Crippen LogP contribution in [0.4, 0.5) is 11.4 Å². The first-order valence-electron chi connectivity index (χ1n) is 10.8. The van der Waals surface area contributed by atoms with Gasteiger partial charge in [0.05, 0.1) is 18.8 Å². The fraction of sp³-hybridized carbons (Fsp3) is 0.240. The van der Waals surface area contributed by atoms with Crippen LogP contribution in [0.3, 0.4) is 0 Å². The lowest BCUT2D eigenvalue weighted by molar-refractivity contribution is 0.0827. The van der Waals surface area contributed by atoms with Crippen molar-refractivity contribution in [3.05, 3.63) is 89.5 Å². The van der Waals surface area contributed by atoms with Gasteiger partial charge in [-0.15, -0.1) is 4.47 Å². The lowest BCUT2D eigenvalue weighted by Gasteiger charge is -2.35. The molecule has 2 atom stereocenters. The second-order valence-electron chi connectivity index (χ2n) is 8.32.